The molecule has 8 nitrogen and oxygen atoms in total. The van der Waals surface area contributed by atoms with Crippen LogP contribution in [0.1, 0.15) is 16.2 Å². The molecule has 26 heavy (non-hydrogen) atoms. The molecule has 3 aromatic rings. The molecule has 1 heterocycles. The number of esters is 1. The largest absolute Gasteiger partial charge is 0.452 e. The van der Waals surface area contributed by atoms with Crippen LogP contribution in [0.15, 0.2) is 47.0 Å². The van der Waals surface area contributed by atoms with Gasteiger partial charge in [0.1, 0.15) is 0 Å². The maximum Gasteiger partial charge on any atom is 0.340 e. The predicted molar refractivity (Wildman–Crippen MR) is 92.0 cm³/mol. The maximum atomic E-state index is 12.1. The minimum atomic E-state index is -0.687. The third-order valence-corrected chi connectivity index (χ3v) is 4.12. The van der Waals surface area contributed by atoms with Crippen LogP contribution in [-0.4, -0.2) is 21.0 Å². The molecule has 0 aliphatic carbocycles. The molecule has 1 aromatic heterocycles. The minimum absolute atomic E-state index is 0.0511. The Kier molecular flexibility index (Phi) is 5.15. The Labute approximate surface area is 156 Å². The van der Waals surface area contributed by atoms with Crippen LogP contribution in [0, 0.1) is 10.1 Å². The number of rotatable bonds is 5. The van der Waals surface area contributed by atoms with Crippen LogP contribution in [0.2, 0.25) is 10.0 Å². The number of halogens is 2. The van der Waals surface area contributed by atoms with Crippen LogP contribution >= 0.6 is 23.2 Å². The van der Waals surface area contributed by atoms with Crippen molar-refractivity contribution in [3.63, 3.8) is 0 Å². The Morgan fingerprint density at radius 3 is 2.62 bits per heavy atom. The smallest absolute Gasteiger partial charge is 0.340 e. The lowest BCUT2D eigenvalue weighted by Gasteiger charge is -2.04. The van der Waals surface area contributed by atoms with E-state index in [1.807, 2.05) is 0 Å². The Hall–Kier alpha value is -2.97. The van der Waals surface area contributed by atoms with E-state index in [9.17, 15) is 14.9 Å². The predicted octanol–water partition coefficient (Wildman–Crippen LogP) is 4.31. The minimum Gasteiger partial charge on any atom is -0.452 e. The molecule has 0 bridgehead atoms. The number of ether oxygens (including phenoxy) is 1. The molecule has 0 N–H and O–H groups in total. The molecule has 10 heteroatoms. The number of nitro benzene ring substituents is 1. The van der Waals surface area contributed by atoms with Crippen molar-refractivity contribution < 1.29 is 19.0 Å². The van der Waals surface area contributed by atoms with E-state index in [1.54, 1.807) is 12.1 Å². The summed E-state index contributed by atoms with van der Waals surface area (Å²) >= 11 is 11.8. The van der Waals surface area contributed by atoms with E-state index in [1.165, 1.54) is 30.3 Å². The molecule has 132 valence electrons. The monoisotopic (exact) mass is 393 g/mol. The Bertz CT molecular complexity index is 972. The van der Waals surface area contributed by atoms with Crippen molar-refractivity contribution in [3.05, 3.63) is 74.1 Å². The average molecular weight is 394 g/mol. The lowest BCUT2D eigenvalue weighted by molar-refractivity contribution is -0.384. The third-order valence-electron chi connectivity index (χ3n) is 3.30. The molecule has 2 aromatic carbocycles. The van der Waals surface area contributed by atoms with Gasteiger partial charge < -0.3 is 9.26 Å². The van der Waals surface area contributed by atoms with Crippen molar-refractivity contribution in [2.75, 3.05) is 0 Å². The molecule has 0 radical (unpaired) electrons. The first-order valence-electron chi connectivity index (χ1n) is 7.14. The van der Waals surface area contributed by atoms with E-state index in [0.29, 0.717) is 5.56 Å². The van der Waals surface area contributed by atoms with Crippen molar-refractivity contribution in [3.8, 4) is 11.4 Å². The molecule has 0 atom stereocenters. The lowest BCUT2D eigenvalue weighted by atomic mass is 10.2. The normalized spacial score (nSPS) is 10.5. The average Bonchev–Trinajstić information content (AvgIpc) is 3.11. The van der Waals surface area contributed by atoms with Crippen LogP contribution in [0.3, 0.4) is 0 Å². The molecule has 0 spiro atoms. The van der Waals surface area contributed by atoms with E-state index < -0.39 is 10.9 Å². The van der Waals surface area contributed by atoms with Gasteiger partial charge >= 0.3 is 5.97 Å². The fourth-order valence-corrected chi connectivity index (χ4v) is 2.41. The van der Waals surface area contributed by atoms with Gasteiger partial charge in [-0.25, -0.2) is 4.79 Å². The molecule has 0 saturated carbocycles. The van der Waals surface area contributed by atoms with Crippen LogP contribution in [0.4, 0.5) is 5.69 Å². The quantitative estimate of drug-likeness (QED) is 0.360. The first-order valence-corrected chi connectivity index (χ1v) is 7.90. The Morgan fingerprint density at radius 1 is 1.19 bits per heavy atom. The van der Waals surface area contributed by atoms with Gasteiger partial charge in [0.05, 0.1) is 20.5 Å². The van der Waals surface area contributed by atoms with Gasteiger partial charge in [0, 0.05) is 17.7 Å². The molecule has 0 amide bonds. The summed E-state index contributed by atoms with van der Waals surface area (Å²) in [7, 11) is 0. The highest BCUT2D eigenvalue weighted by atomic mass is 35.5. The zero-order valence-electron chi connectivity index (χ0n) is 12.9. The second kappa shape index (κ2) is 7.51. The van der Waals surface area contributed by atoms with Gasteiger partial charge in [0.15, 0.2) is 6.61 Å². The fraction of sp³-hybridized carbons (Fsp3) is 0.0625. The zero-order chi connectivity index (χ0) is 18.7. The van der Waals surface area contributed by atoms with Crippen molar-refractivity contribution in [1.29, 1.82) is 0 Å². The third kappa shape index (κ3) is 3.81. The van der Waals surface area contributed by atoms with E-state index in [4.69, 9.17) is 32.5 Å². The molecule has 0 fully saturated rings. The van der Waals surface area contributed by atoms with E-state index >= 15 is 0 Å². The summed E-state index contributed by atoms with van der Waals surface area (Å²) in [6.45, 7) is -0.262. The van der Waals surface area contributed by atoms with Crippen LogP contribution in [-0.2, 0) is 11.3 Å². The van der Waals surface area contributed by atoms with Crippen LogP contribution in [0.5, 0.6) is 0 Å². The topological polar surface area (TPSA) is 108 Å². The summed E-state index contributed by atoms with van der Waals surface area (Å²) in [6.07, 6.45) is 0. The highest BCUT2D eigenvalue weighted by Gasteiger charge is 2.16. The van der Waals surface area contributed by atoms with E-state index in [0.717, 1.165) is 0 Å². The van der Waals surface area contributed by atoms with Crippen molar-refractivity contribution in [1.82, 2.24) is 10.1 Å². The molecule has 0 saturated heterocycles. The van der Waals surface area contributed by atoms with Gasteiger partial charge in [-0.1, -0.05) is 34.4 Å². The molecular formula is C16H9Cl2N3O5. The number of aromatic nitrogens is 2. The van der Waals surface area contributed by atoms with Crippen molar-refractivity contribution in [2.24, 2.45) is 0 Å². The molecule has 0 aliphatic heterocycles. The second-order valence-corrected chi connectivity index (χ2v) is 5.78. The maximum absolute atomic E-state index is 12.1. The Balaban J connectivity index is 1.68. The number of nitrogens with zero attached hydrogens (tertiary/aromatic N) is 3. The summed E-state index contributed by atoms with van der Waals surface area (Å²) in [5, 5.41) is 14.7. The van der Waals surface area contributed by atoms with E-state index in [2.05, 4.69) is 10.1 Å². The number of carbonyl (C=O) groups excluding carboxylic acids is 1. The van der Waals surface area contributed by atoms with Crippen LogP contribution in [0.25, 0.3) is 11.4 Å². The summed E-state index contributed by atoms with van der Waals surface area (Å²) in [4.78, 5) is 26.3. The van der Waals surface area contributed by atoms with Gasteiger partial charge in [-0.2, -0.15) is 4.98 Å². The van der Waals surface area contributed by atoms with E-state index in [-0.39, 0.29) is 39.6 Å². The van der Waals surface area contributed by atoms with Gasteiger partial charge in [0.2, 0.25) is 5.82 Å². The lowest BCUT2D eigenvalue weighted by Crippen LogP contribution is -2.06. The SMILES string of the molecule is O=C(OCc1nc(-c2ccc([N+](=O)[O-])cc2)no1)c1cccc(Cl)c1Cl. The summed E-state index contributed by atoms with van der Waals surface area (Å²) in [6, 6.07) is 10.2. The van der Waals surface area contributed by atoms with Gasteiger partial charge in [-0.05, 0) is 24.3 Å². The standard InChI is InChI=1S/C16H9Cl2N3O5/c17-12-3-1-2-11(14(12)18)16(22)25-8-13-19-15(20-26-13)9-4-6-10(7-5-9)21(23)24/h1-7H,8H2. The number of hydrogen-bond donors (Lipinski definition) is 0. The molecule has 3 rings (SSSR count). The highest BCUT2D eigenvalue weighted by Crippen LogP contribution is 2.26. The molecular weight excluding hydrogens is 385 g/mol. The number of nitro groups is 1. The highest BCUT2D eigenvalue weighted by molar-refractivity contribution is 6.43. The number of carbonyl (C=O) groups is 1. The molecule has 0 aliphatic rings. The number of non-ortho nitro benzene ring substituents is 1. The van der Waals surface area contributed by atoms with Crippen molar-refractivity contribution >= 4 is 34.9 Å². The number of benzene rings is 2. The van der Waals surface area contributed by atoms with Gasteiger partial charge in [-0.15, -0.1) is 0 Å². The first kappa shape index (κ1) is 17.8. The zero-order valence-corrected chi connectivity index (χ0v) is 14.4. The van der Waals surface area contributed by atoms with Crippen LogP contribution < -0.4 is 0 Å². The summed E-state index contributed by atoms with van der Waals surface area (Å²) < 4.78 is 10.1. The van der Waals surface area contributed by atoms with Gasteiger partial charge in [0.25, 0.3) is 11.6 Å². The first-order chi connectivity index (χ1) is 12.5. The summed E-state index contributed by atoms with van der Waals surface area (Å²) in [5.74, 6) is -0.413. The Morgan fingerprint density at radius 2 is 1.92 bits per heavy atom. The second-order valence-electron chi connectivity index (χ2n) is 4.99. The number of hydrogen-bond acceptors (Lipinski definition) is 7. The van der Waals surface area contributed by atoms with Gasteiger partial charge in [-0.3, -0.25) is 10.1 Å². The summed E-state index contributed by atoms with van der Waals surface area (Å²) in [5.41, 5.74) is 0.592. The fourth-order valence-electron chi connectivity index (χ4n) is 2.03. The van der Waals surface area contributed by atoms with Crippen molar-refractivity contribution in [2.45, 2.75) is 6.61 Å². The molecule has 0 unspecified atom stereocenters.